The Kier molecular flexibility index (Phi) is 5.51. The van der Waals surface area contributed by atoms with Crippen LogP contribution in [-0.4, -0.2) is 22.5 Å². The van der Waals surface area contributed by atoms with E-state index in [-0.39, 0.29) is 12.5 Å². The fourth-order valence-corrected chi connectivity index (χ4v) is 3.70. The molecule has 1 aliphatic heterocycles. The Morgan fingerprint density at radius 3 is 2.54 bits per heavy atom. The van der Waals surface area contributed by atoms with Crippen LogP contribution in [0.1, 0.15) is 39.5 Å². The summed E-state index contributed by atoms with van der Waals surface area (Å²) in [7, 11) is 0. The molecule has 3 aromatic carbocycles. The van der Waals surface area contributed by atoms with Crippen molar-refractivity contribution in [2.45, 2.75) is 25.6 Å². The second kappa shape index (κ2) is 8.38. The number of aliphatic hydroxyl groups excluding tert-OH is 1. The number of likely N-dealkylation sites (tertiary alicyclic amines) is 1. The lowest BCUT2D eigenvalue weighted by atomic mass is 9.94. The maximum Gasteiger partial charge on any atom is 0.255 e. The number of nitrogens with zero attached hydrogens (tertiary/aromatic N) is 1. The molecular weight excluding hydrogens is 348 g/mol. The van der Waals surface area contributed by atoms with Gasteiger partial charge >= 0.3 is 0 Å². The van der Waals surface area contributed by atoms with Crippen molar-refractivity contribution in [3.63, 3.8) is 0 Å². The number of para-hydroxylation sites is 1. The first-order chi connectivity index (χ1) is 13.7. The summed E-state index contributed by atoms with van der Waals surface area (Å²) < 4.78 is 0. The number of rotatable bonds is 6. The summed E-state index contributed by atoms with van der Waals surface area (Å²) in [5.41, 5.74) is 4.46. The Labute approximate surface area is 165 Å². The average molecular weight is 372 g/mol. The fourth-order valence-electron chi connectivity index (χ4n) is 3.70. The number of aliphatic hydroxyl groups is 1. The van der Waals surface area contributed by atoms with Gasteiger partial charge in [0.05, 0.1) is 6.61 Å². The van der Waals surface area contributed by atoms with Crippen molar-refractivity contribution in [2.75, 3.05) is 11.9 Å². The predicted molar refractivity (Wildman–Crippen MR) is 111 cm³/mol. The van der Waals surface area contributed by atoms with E-state index in [2.05, 4.69) is 40.5 Å². The van der Waals surface area contributed by atoms with Crippen molar-refractivity contribution in [3.05, 3.63) is 101 Å². The quantitative estimate of drug-likeness (QED) is 0.675. The lowest BCUT2D eigenvalue weighted by Crippen LogP contribution is -2.40. The van der Waals surface area contributed by atoms with E-state index in [4.69, 9.17) is 0 Å². The van der Waals surface area contributed by atoms with E-state index in [1.165, 1.54) is 12.0 Å². The Morgan fingerprint density at radius 2 is 1.79 bits per heavy atom. The second-order valence-corrected chi connectivity index (χ2v) is 7.16. The first-order valence-electron chi connectivity index (χ1n) is 9.62. The number of anilines is 1. The SMILES string of the molecule is O=C(Nc1ccccc1CO)c1cccc(CN2CC[C@@H]2c2ccccc2)c1. The summed E-state index contributed by atoms with van der Waals surface area (Å²) in [5, 5.41) is 12.3. The van der Waals surface area contributed by atoms with Crippen LogP contribution in [0, 0.1) is 0 Å². The normalized spacial score (nSPS) is 16.4. The monoisotopic (exact) mass is 372 g/mol. The Hall–Kier alpha value is -2.95. The van der Waals surface area contributed by atoms with Crippen molar-refractivity contribution >= 4 is 11.6 Å². The van der Waals surface area contributed by atoms with E-state index in [9.17, 15) is 9.90 Å². The van der Waals surface area contributed by atoms with Crippen LogP contribution in [0.5, 0.6) is 0 Å². The molecule has 4 rings (SSSR count). The van der Waals surface area contributed by atoms with Gasteiger partial charge in [-0.25, -0.2) is 0 Å². The standard InChI is InChI=1S/C24H24N2O2/c27-17-21-10-4-5-12-22(21)25-24(28)20-11-6-7-18(15-20)16-26-14-13-23(26)19-8-2-1-3-9-19/h1-12,15,23,27H,13-14,16-17H2,(H,25,28)/t23-/m1/s1. The lowest BCUT2D eigenvalue weighted by molar-refractivity contribution is 0.0818. The molecule has 1 heterocycles. The summed E-state index contributed by atoms with van der Waals surface area (Å²) in [6.07, 6.45) is 1.17. The number of carbonyl (C=O) groups excluding carboxylic acids is 1. The highest BCUT2D eigenvalue weighted by Gasteiger charge is 2.29. The maximum atomic E-state index is 12.7. The summed E-state index contributed by atoms with van der Waals surface area (Å²) in [6, 6.07) is 26.1. The molecule has 1 aliphatic rings. The van der Waals surface area contributed by atoms with Gasteiger partial charge in [0.15, 0.2) is 0 Å². The van der Waals surface area contributed by atoms with Gasteiger partial charge < -0.3 is 10.4 Å². The minimum absolute atomic E-state index is 0.105. The summed E-state index contributed by atoms with van der Waals surface area (Å²) in [6.45, 7) is 1.79. The smallest absolute Gasteiger partial charge is 0.255 e. The molecule has 0 saturated carbocycles. The highest BCUT2D eigenvalue weighted by atomic mass is 16.3. The van der Waals surface area contributed by atoms with Gasteiger partial charge in [0.25, 0.3) is 5.91 Å². The second-order valence-electron chi connectivity index (χ2n) is 7.16. The Bertz CT molecular complexity index is 956. The molecule has 3 aromatic rings. The van der Waals surface area contributed by atoms with Gasteiger partial charge in [-0.15, -0.1) is 0 Å². The number of benzene rings is 3. The van der Waals surface area contributed by atoms with Crippen molar-refractivity contribution < 1.29 is 9.90 Å². The molecule has 0 radical (unpaired) electrons. The van der Waals surface area contributed by atoms with E-state index in [1.807, 2.05) is 36.4 Å². The molecule has 4 heteroatoms. The van der Waals surface area contributed by atoms with Crippen LogP contribution < -0.4 is 5.32 Å². The molecular formula is C24H24N2O2. The number of amides is 1. The molecule has 142 valence electrons. The minimum Gasteiger partial charge on any atom is -0.392 e. The van der Waals surface area contributed by atoms with E-state index in [0.717, 1.165) is 18.7 Å². The topological polar surface area (TPSA) is 52.6 Å². The van der Waals surface area contributed by atoms with Gasteiger partial charge in [0.1, 0.15) is 0 Å². The van der Waals surface area contributed by atoms with Crippen LogP contribution in [0.2, 0.25) is 0 Å². The summed E-state index contributed by atoms with van der Waals surface area (Å²) in [4.78, 5) is 15.1. The van der Waals surface area contributed by atoms with Crippen molar-refractivity contribution in [1.29, 1.82) is 0 Å². The van der Waals surface area contributed by atoms with Crippen molar-refractivity contribution in [2.24, 2.45) is 0 Å². The third kappa shape index (κ3) is 3.98. The molecule has 1 fully saturated rings. The molecule has 0 spiro atoms. The predicted octanol–water partition coefficient (Wildman–Crippen LogP) is 4.38. The highest BCUT2D eigenvalue weighted by Crippen LogP contribution is 2.34. The van der Waals surface area contributed by atoms with Crippen LogP contribution in [0.15, 0.2) is 78.9 Å². The zero-order valence-corrected chi connectivity index (χ0v) is 15.7. The van der Waals surface area contributed by atoms with Crippen molar-refractivity contribution in [1.82, 2.24) is 4.90 Å². The number of hydrogen-bond donors (Lipinski definition) is 2. The third-order valence-electron chi connectivity index (χ3n) is 5.33. The average Bonchev–Trinajstić information content (AvgIpc) is 2.72. The minimum atomic E-state index is -0.161. The summed E-state index contributed by atoms with van der Waals surface area (Å²) >= 11 is 0. The molecule has 28 heavy (non-hydrogen) atoms. The molecule has 0 aromatic heterocycles. The van der Waals surface area contributed by atoms with Gasteiger partial charge in [0, 0.05) is 35.9 Å². The fraction of sp³-hybridized carbons (Fsp3) is 0.208. The molecule has 0 bridgehead atoms. The zero-order valence-electron chi connectivity index (χ0n) is 15.7. The number of carbonyl (C=O) groups is 1. The van der Waals surface area contributed by atoms with Crippen LogP contribution in [0.3, 0.4) is 0 Å². The largest absolute Gasteiger partial charge is 0.392 e. The highest BCUT2D eigenvalue weighted by molar-refractivity contribution is 6.04. The Balaban J connectivity index is 1.45. The van der Waals surface area contributed by atoms with Gasteiger partial charge in [-0.3, -0.25) is 9.69 Å². The van der Waals surface area contributed by atoms with E-state index in [1.54, 1.807) is 12.1 Å². The molecule has 1 amide bonds. The van der Waals surface area contributed by atoms with Crippen LogP contribution in [-0.2, 0) is 13.2 Å². The molecule has 0 unspecified atom stereocenters. The van der Waals surface area contributed by atoms with E-state index in [0.29, 0.717) is 22.9 Å². The van der Waals surface area contributed by atoms with Gasteiger partial charge in [-0.05, 0) is 35.7 Å². The van der Waals surface area contributed by atoms with Crippen molar-refractivity contribution in [3.8, 4) is 0 Å². The van der Waals surface area contributed by atoms with Gasteiger partial charge in [0.2, 0.25) is 0 Å². The van der Waals surface area contributed by atoms with Gasteiger partial charge in [-0.1, -0.05) is 60.7 Å². The Morgan fingerprint density at radius 1 is 1.00 bits per heavy atom. The first kappa shape index (κ1) is 18.4. The van der Waals surface area contributed by atoms with Crippen LogP contribution in [0.25, 0.3) is 0 Å². The first-order valence-corrected chi connectivity index (χ1v) is 9.62. The van der Waals surface area contributed by atoms with E-state index < -0.39 is 0 Å². The van der Waals surface area contributed by atoms with Crippen LogP contribution >= 0.6 is 0 Å². The third-order valence-corrected chi connectivity index (χ3v) is 5.33. The number of hydrogen-bond acceptors (Lipinski definition) is 3. The van der Waals surface area contributed by atoms with Crippen LogP contribution in [0.4, 0.5) is 5.69 Å². The van der Waals surface area contributed by atoms with E-state index >= 15 is 0 Å². The molecule has 0 aliphatic carbocycles. The molecule has 1 saturated heterocycles. The maximum absolute atomic E-state index is 12.7. The molecule has 1 atom stereocenters. The lowest BCUT2D eigenvalue weighted by Gasteiger charge is -2.41. The van der Waals surface area contributed by atoms with Gasteiger partial charge in [-0.2, -0.15) is 0 Å². The number of nitrogens with one attached hydrogen (secondary N) is 1. The summed E-state index contributed by atoms with van der Waals surface area (Å²) in [5.74, 6) is -0.161. The molecule has 2 N–H and O–H groups in total. The zero-order chi connectivity index (χ0) is 19.3. The molecule has 4 nitrogen and oxygen atoms in total.